The number of carbonyl (C=O) groups excluding carboxylic acids is 3. The number of carboxylic acids is 1. The summed E-state index contributed by atoms with van der Waals surface area (Å²) < 4.78 is 2.99. The molecule has 0 bridgehead atoms. The number of carboxylic acid groups (broad SMARTS) is 1. The smallest absolute Gasteiger partial charge is 0.308 e. The standard InChI is InChI=1S/C29H33N3O5S/c1-16(2)11-22(30-25(34)13-19-15-38-24-6-4-3-5-20(19)24)28(35)31-21-8-7-17-9-10-32-14-18(29(36)37)12-23(33)26(21)27(17)32/h3-6,9-10,15-16,18,21-22,26H,7-8,11-14H2,1-2H3,(H,30,34)(H,31,35)(H,36,37)/t18-,21-,22?,26?/m0/s1. The summed E-state index contributed by atoms with van der Waals surface area (Å²) in [5, 5.41) is 18.7. The molecule has 4 atom stereocenters. The van der Waals surface area contributed by atoms with Crippen LogP contribution in [-0.4, -0.2) is 45.3 Å². The van der Waals surface area contributed by atoms with Gasteiger partial charge in [0.25, 0.3) is 0 Å². The van der Waals surface area contributed by atoms with Gasteiger partial charge in [0.2, 0.25) is 11.8 Å². The Morgan fingerprint density at radius 3 is 2.74 bits per heavy atom. The van der Waals surface area contributed by atoms with E-state index >= 15 is 0 Å². The molecule has 1 aromatic carbocycles. The summed E-state index contributed by atoms with van der Waals surface area (Å²) in [5.41, 5.74) is 2.79. The quantitative estimate of drug-likeness (QED) is 0.407. The maximum Gasteiger partial charge on any atom is 0.308 e. The zero-order valence-corrected chi connectivity index (χ0v) is 22.4. The number of aromatic nitrogens is 1. The third kappa shape index (κ3) is 5.25. The van der Waals surface area contributed by atoms with Crippen LogP contribution >= 0.6 is 11.3 Å². The molecule has 1 aliphatic carbocycles. The molecule has 200 valence electrons. The van der Waals surface area contributed by atoms with E-state index < -0.39 is 29.9 Å². The molecule has 2 aliphatic rings. The highest BCUT2D eigenvalue weighted by Crippen LogP contribution is 2.38. The Bertz CT molecular complexity index is 1390. The molecule has 2 unspecified atom stereocenters. The molecule has 0 saturated carbocycles. The average Bonchev–Trinajstić information content (AvgIpc) is 3.42. The van der Waals surface area contributed by atoms with E-state index in [1.165, 1.54) is 0 Å². The number of hydrogen-bond acceptors (Lipinski definition) is 5. The molecule has 2 aromatic heterocycles. The number of hydrogen-bond donors (Lipinski definition) is 3. The molecule has 0 radical (unpaired) electrons. The molecule has 3 aromatic rings. The topological polar surface area (TPSA) is 118 Å². The van der Waals surface area contributed by atoms with Crippen LogP contribution in [0.1, 0.15) is 55.8 Å². The molecule has 2 amide bonds. The number of aliphatic carboxylic acids is 1. The van der Waals surface area contributed by atoms with Gasteiger partial charge in [-0.2, -0.15) is 0 Å². The summed E-state index contributed by atoms with van der Waals surface area (Å²) >= 11 is 1.59. The Morgan fingerprint density at radius 2 is 1.97 bits per heavy atom. The van der Waals surface area contributed by atoms with E-state index in [1.807, 2.05) is 60.3 Å². The highest BCUT2D eigenvalue weighted by molar-refractivity contribution is 7.17. The molecule has 3 N–H and O–H groups in total. The van der Waals surface area contributed by atoms with Gasteiger partial charge in [-0.15, -0.1) is 11.3 Å². The average molecular weight is 536 g/mol. The van der Waals surface area contributed by atoms with Crippen molar-refractivity contribution >= 4 is 45.0 Å². The minimum Gasteiger partial charge on any atom is -0.481 e. The Hall–Kier alpha value is -3.46. The van der Waals surface area contributed by atoms with Crippen molar-refractivity contribution in [3.8, 4) is 0 Å². The van der Waals surface area contributed by atoms with E-state index in [4.69, 9.17) is 0 Å². The number of nitrogens with zero attached hydrogens (tertiary/aromatic N) is 1. The molecule has 8 nitrogen and oxygen atoms in total. The highest BCUT2D eigenvalue weighted by Gasteiger charge is 2.42. The Morgan fingerprint density at radius 1 is 1.18 bits per heavy atom. The predicted molar refractivity (Wildman–Crippen MR) is 145 cm³/mol. The molecule has 0 spiro atoms. The number of Topliss-reactive ketones (excluding diaryl/α,β-unsaturated/α-hetero) is 1. The number of fused-ring (bicyclic) bond motifs is 1. The Labute approximate surface area is 225 Å². The molecular weight excluding hydrogens is 502 g/mol. The van der Waals surface area contributed by atoms with Crippen molar-refractivity contribution in [1.82, 2.24) is 15.2 Å². The molecule has 5 rings (SSSR count). The van der Waals surface area contributed by atoms with Gasteiger partial charge < -0.3 is 20.3 Å². The molecule has 1 aliphatic heterocycles. The molecule has 0 fully saturated rings. The van der Waals surface area contributed by atoms with Gasteiger partial charge in [-0.1, -0.05) is 32.0 Å². The van der Waals surface area contributed by atoms with Crippen LogP contribution in [0.4, 0.5) is 0 Å². The fraction of sp³-hybridized carbons (Fsp3) is 0.448. The SMILES string of the molecule is CC(C)CC(NC(=O)Cc1csc2ccccc12)C(=O)N[C@H]1CCc2ccn3c2C1C(=O)C[C@H](C(=O)O)C3. The second-order valence-corrected chi connectivity index (χ2v) is 11.8. The van der Waals surface area contributed by atoms with Crippen molar-refractivity contribution in [1.29, 1.82) is 0 Å². The number of carbonyl (C=O) groups is 4. The van der Waals surface area contributed by atoms with E-state index in [2.05, 4.69) is 10.6 Å². The van der Waals surface area contributed by atoms with E-state index in [0.29, 0.717) is 19.3 Å². The normalized spacial score (nSPS) is 21.6. The van der Waals surface area contributed by atoms with Crippen LogP contribution in [0.3, 0.4) is 0 Å². The number of nitrogens with one attached hydrogen (secondary N) is 2. The fourth-order valence-corrected chi connectivity index (χ4v) is 6.85. The maximum absolute atomic E-state index is 13.5. The Kier molecular flexibility index (Phi) is 7.38. The van der Waals surface area contributed by atoms with Gasteiger partial charge in [0.1, 0.15) is 11.8 Å². The summed E-state index contributed by atoms with van der Waals surface area (Å²) in [6.07, 6.45) is 3.72. The summed E-state index contributed by atoms with van der Waals surface area (Å²) in [7, 11) is 0. The van der Waals surface area contributed by atoms with E-state index in [-0.39, 0.29) is 42.9 Å². The van der Waals surface area contributed by atoms with Crippen molar-refractivity contribution in [2.45, 2.75) is 70.5 Å². The van der Waals surface area contributed by atoms with Crippen molar-refractivity contribution in [2.24, 2.45) is 11.8 Å². The lowest BCUT2D eigenvalue weighted by atomic mass is 9.79. The lowest BCUT2D eigenvalue weighted by Gasteiger charge is -2.33. The summed E-state index contributed by atoms with van der Waals surface area (Å²) in [5.74, 6) is -2.88. The summed E-state index contributed by atoms with van der Waals surface area (Å²) in [6, 6.07) is 8.72. The first-order chi connectivity index (χ1) is 18.2. The maximum atomic E-state index is 13.5. The largest absolute Gasteiger partial charge is 0.481 e. The van der Waals surface area contributed by atoms with E-state index in [0.717, 1.165) is 26.9 Å². The van der Waals surface area contributed by atoms with Crippen LogP contribution in [-0.2, 0) is 38.6 Å². The zero-order valence-electron chi connectivity index (χ0n) is 21.6. The van der Waals surface area contributed by atoms with Gasteiger partial charge in [0.05, 0.1) is 18.3 Å². The lowest BCUT2D eigenvalue weighted by molar-refractivity contribution is -0.144. The fourth-order valence-electron chi connectivity index (χ4n) is 5.89. The van der Waals surface area contributed by atoms with Crippen molar-refractivity contribution in [3.63, 3.8) is 0 Å². The second-order valence-electron chi connectivity index (χ2n) is 10.9. The monoisotopic (exact) mass is 535 g/mol. The minimum absolute atomic E-state index is 0.0613. The second kappa shape index (κ2) is 10.7. The predicted octanol–water partition coefficient (Wildman–Crippen LogP) is 3.66. The van der Waals surface area contributed by atoms with Gasteiger partial charge in [0.15, 0.2) is 0 Å². The van der Waals surface area contributed by atoms with E-state index in [9.17, 15) is 24.3 Å². The van der Waals surface area contributed by atoms with Gasteiger partial charge >= 0.3 is 5.97 Å². The van der Waals surface area contributed by atoms with Gasteiger partial charge in [-0.05, 0) is 59.2 Å². The molecule has 0 saturated heterocycles. The van der Waals surface area contributed by atoms with Crippen LogP contribution in [0.5, 0.6) is 0 Å². The van der Waals surface area contributed by atoms with Crippen LogP contribution in [0.15, 0.2) is 41.9 Å². The third-order valence-corrected chi connectivity index (χ3v) is 8.69. The Balaban J connectivity index is 1.32. The number of benzene rings is 1. The van der Waals surface area contributed by atoms with Crippen molar-refractivity contribution < 1.29 is 24.3 Å². The first-order valence-corrected chi connectivity index (χ1v) is 14.1. The third-order valence-electron chi connectivity index (χ3n) is 7.68. The number of ketones is 1. The van der Waals surface area contributed by atoms with Crippen LogP contribution < -0.4 is 10.6 Å². The summed E-state index contributed by atoms with van der Waals surface area (Å²) in [6.45, 7) is 4.25. The van der Waals surface area contributed by atoms with Crippen LogP contribution in [0.25, 0.3) is 10.1 Å². The molecule has 38 heavy (non-hydrogen) atoms. The number of aryl methyl sites for hydroxylation is 1. The molecular formula is C29H33N3O5S. The number of amides is 2. The van der Waals surface area contributed by atoms with Crippen molar-refractivity contribution in [3.05, 3.63) is 58.7 Å². The first-order valence-electron chi connectivity index (χ1n) is 13.2. The number of rotatable bonds is 8. The van der Waals surface area contributed by atoms with E-state index in [1.54, 1.807) is 11.3 Å². The van der Waals surface area contributed by atoms with Crippen LogP contribution in [0.2, 0.25) is 0 Å². The highest BCUT2D eigenvalue weighted by atomic mass is 32.1. The molecule has 9 heteroatoms. The minimum atomic E-state index is -0.988. The van der Waals surface area contributed by atoms with Crippen LogP contribution in [0, 0.1) is 11.8 Å². The molecule has 3 heterocycles. The lowest BCUT2D eigenvalue weighted by Crippen LogP contribution is -2.53. The number of thiophene rings is 1. The van der Waals surface area contributed by atoms with Crippen molar-refractivity contribution in [2.75, 3.05) is 0 Å². The van der Waals surface area contributed by atoms with Gasteiger partial charge in [0, 0.05) is 35.6 Å². The summed E-state index contributed by atoms with van der Waals surface area (Å²) in [4.78, 5) is 51.6. The van der Waals surface area contributed by atoms with Gasteiger partial charge in [-0.3, -0.25) is 19.2 Å². The zero-order chi connectivity index (χ0) is 27.0. The van der Waals surface area contributed by atoms with Gasteiger partial charge in [-0.25, -0.2) is 0 Å². The first kappa shape index (κ1) is 26.2.